The lowest BCUT2D eigenvalue weighted by Gasteiger charge is -2.15. The predicted octanol–water partition coefficient (Wildman–Crippen LogP) is 3.48. The van der Waals surface area contributed by atoms with Gasteiger partial charge in [0.25, 0.3) is 0 Å². The second-order valence-corrected chi connectivity index (χ2v) is 5.34. The van der Waals surface area contributed by atoms with Crippen LogP contribution in [-0.2, 0) is 4.74 Å². The first-order valence-electron chi connectivity index (χ1n) is 7.98. The van der Waals surface area contributed by atoms with Crippen LogP contribution < -0.4 is 10.6 Å². The van der Waals surface area contributed by atoms with Crippen LogP contribution in [0, 0.1) is 0 Å². The molecule has 1 rings (SSSR count). The number of unbranched alkanes of at least 4 members (excludes halogenated alkanes) is 2. The van der Waals surface area contributed by atoms with Crippen molar-refractivity contribution in [2.24, 2.45) is 4.99 Å². The molecule has 0 aromatic carbocycles. The molecule has 0 saturated carbocycles. The molecule has 0 radical (unpaired) electrons. The van der Waals surface area contributed by atoms with Crippen molar-refractivity contribution < 1.29 is 4.74 Å². The molecule has 1 aliphatic rings. The zero-order chi connectivity index (χ0) is 14.5. The topological polar surface area (TPSA) is 45.7 Å². The molecular formula is C16H32IN3O. The van der Waals surface area contributed by atoms with Gasteiger partial charge in [0.15, 0.2) is 5.96 Å². The predicted molar refractivity (Wildman–Crippen MR) is 102 cm³/mol. The first-order chi connectivity index (χ1) is 9.86. The van der Waals surface area contributed by atoms with Gasteiger partial charge in [0.2, 0.25) is 0 Å². The third kappa shape index (κ3) is 11.0. The van der Waals surface area contributed by atoms with Gasteiger partial charge in [-0.1, -0.05) is 11.6 Å². The molecular weight excluding hydrogens is 377 g/mol. The first-order valence-corrected chi connectivity index (χ1v) is 7.98. The lowest BCUT2D eigenvalue weighted by atomic mass is 9.97. The number of hydrogen-bond acceptors (Lipinski definition) is 2. The van der Waals surface area contributed by atoms with Crippen molar-refractivity contribution in [3.05, 3.63) is 11.6 Å². The van der Waals surface area contributed by atoms with Gasteiger partial charge >= 0.3 is 0 Å². The van der Waals surface area contributed by atoms with Gasteiger partial charge in [-0.2, -0.15) is 0 Å². The van der Waals surface area contributed by atoms with E-state index >= 15 is 0 Å². The fourth-order valence-electron chi connectivity index (χ4n) is 2.45. The van der Waals surface area contributed by atoms with Crippen LogP contribution in [-0.4, -0.2) is 39.8 Å². The molecule has 0 bridgehead atoms. The number of rotatable bonds is 9. The van der Waals surface area contributed by atoms with Crippen LogP contribution in [0.25, 0.3) is 0 Å². The lowest BCUT2D eigenvalue weighted by molar-refractivity contribution is 0.192. The van der Waals surface area contributed by atoms with Crippen molar-refractivity contribution in [2.75, 3.05) is 33.9 Å². The molecule has 0 aliphatic heterocycles. The van der Waals surface area contributed by atoms with E-state index < -0.39 is 0 Å². The van der Waals surface area contributed by atoms with Crippen molar-refractivity contribution in [2.45, 2.75) is 51.4 Å². The van der Waals surface area contributed by atoms with Gasteiger partial charge in [0.1, 0.15) is 0 Å². The molecule has 1 aliphatic carbocycles. The average Bonchev–Trinajstić information content (AvgIpc) is 2.50. The lowest BCUT2D eigenvalue weighted by Crippen LogP contribution is -2.38. The van der Waals surface area contributed by atoms with E-state index in [1.165, 1.54) is 32.1 Å². The quantitative estimate of drug-likeness (QED) is 0.202. The van der Waals surface area contributed by atoms with Gasteiger partial charge in [-0.25, -0.2) is 0 Å². The minimum Gasteiger partial charge on any atom is -0.385 e. The Labute approximate surface area is 147 Å². The Hall–Kier alpha value is -0.300. The van der Waals surface area contributed by atoms with Gasteiger partial charge in [-0.15, -0.1) is 24.0 Å². The molecule has 124 valence electrons. The SMILES string of the molecule is CN=C(NCCCCCOC)NCCC1=CCCCC1.I. The zero-order valence-corrected chi connectivity index (χ0v) is 15.9. The molecule has 5 heteroatoms. The van der Waals surface area contributed by atoms with Crippen molar-refractivity contribution in [3.63, 3.8) is 0 Å². The van der Waals surface area contributed by atoms with Crippen molar-refractivity contribution in [3.8, 4) is 0 Å². The van der Waals surface area contributed by atoms with E-state index in [4.69, 9.17) is 4.74 Å². The van der Waals surface area contributed by atoms with Crippen molar-refractivity contribution in [1.29, 1.82) is 0 Å². The average molecular weight is 409 g/mol. The van der Waals surface area contributed by atoms with Crippen LogP contribution in [0.1, 0.15) is 51.4 Å². The Morgan fingerprint density at radius 2 is 2.00 bits per heavy atom. The Kier molecular flexibility index (Phi) is 14.4. The van der Waals surface area contributed by atoms with E-state index in [2.05, 4.69) is 21.7 Å². The smallest absolute Gasteiger partial charge is 0.190 e. The molecule has 2 N–H and O–H groups in total. The maximum absolute atomic E-state index is 5.04. The van der Waals surface area contributed by atoms with Gasteiger partial charge in [0.05, 0.1) is 0 Å². The van der Waals surface area contributed by atoms with Gasteiger partial charge in [-0.3, -0.25) is 4.99 Å². The van der Waals surface area contributed by atoms with Gasteiger partial charge < -0.3 is 15.4 Å². The largest absolute Gasteiger partial charge is 0.385 e. The van der Waals surface area contributed by atoms with Crippen LogP contribution in [0.2, 0.25) is 0 Å². The molecule has 0 unspecified atom stereocenters. The summed E-state index contributed by atoms with van der Waals surface area (Å²) in [4.78, 5) is 4.25. The third-order valence-corrected chi connectivity index (χ3v) is 3.66. The van der Waals surface area contributed by atoms with Gasteiger partial charge in [0, 0.05) is 33.9 Å². The number of ether oxygens (including phenoxy) is 1. The van der Waals surface area contributed by atoms with E-state index in [0.29, 0.717) is 0 Å². The number of aliphatic imine (C=N–C) groups is 1. The van der Waals surface area contributed by atoms with Crippen LogP contribution >= 0.6 is 24.0 Å². The van der Waals surface area contributed by atoms with Crippen LogP contribution in [0.15, 0.2) is 16.6 Å². The summed E-state index contributed by atoms with van der Waals surface area (Å²) >= 11 is 0. The number of halogens is 1. The van der Waals surface area contributed by atoms with E-state index in [1.54, 1.807) is 12.7 Å². The Morgan fingerprint density at radius 1 is 1.19 bits per heavy atom. The summed E-state index contributed by atoms with van der Waals surface area (Å²) in [7, 11) is 3.59. The summed E-state index contributed by atoms with van der Waals surface area (Å²) in [5.74, 6) is 0.924. The number of nitrogens with zero attached hydrogens (tertiary/aromatic N) is 1. The highest BCUT2D eigenvalue weighted by molar-refractivity contribution is 14.0. The minimum absolute atomic E-state index is 0. The summed E-state index contributed by atoms with van der Waals surface area (Å²) in [6, 6.07) is 0. The van der Waals surface area contributed by atoms with Gasteiger partial charge in [-0.05, 0) is 51.4 Å². The number of hydrogen-bond donors (Lipinski definition) is 2. The van der Waals surface area contributed by atoms with Crippen LogP contribution in [0.5, 0.6) is 0 Å². The summed E-state index contributed by atoms with van der Waals surface area (Å²) in [6.45, 7) is 2.82. The fourth-order valence-corrected chi connectivity index (χ4v) is 2.45. The second-order valence-electron chi connectivity index (χ2n) is 5.34. The third-order valence-electron chi connectivity index (χ3n) is 3.66. The van der Waals surface area contributed by atoms with Crippen molar-refractivity contribution >= 4 is 29.9 Å². The molecule has 0 aromatic rings. The van der Waals surface area contributed by atoms with E-state index in [1.807, 2.05) is 7.05 Å². The number of nitrogens with one attached hydrogen (secondary N) is 2. The van der Waals surface area contributed by atoms with E-state index in [9.17, 15) is 0 Å². The highest BCUT2D eigenvalue weighted by atomic mass is 127. The highest BCUT2D eigenvalue weighted by Crippen LogP contribution is 2.19. The summed E-state index contributed by atoms with van der Waals surface area (Å²) in [5, 5.41) is 6.75. The summed E-state index contributed by atoms with van der Waals surface area (Å²) in [6.07, 6.45) is 12.3. The zero-order valence-electron chi connectivity index (χ0n) is 13.6. The number of guanidine groups is 1. The molecule has 0 saturated heterocycles. The number of methoxy groups -OCH3 is 1. The Bertz CT molecular complexity index is 306. The maximum atomic E-state index is 5.04. The monoisotopic (exact) mass is 409 g/mol. The fraction of sp³-hybridized carbons (Fsp3) is 0.812. The first kappa shape index (κ1) is 20.7. The second kappa shape index (κ2) is 14.6. The molecule has 21 heavy (non-hydrogen) atoms. The molecule has 0 heterocycles. The van der Waals surface area contributed by atoms with Crippen molar-refractivity contribution in [1.82, 2.24) is 10.6 Å². The normalized spacial score (nSPS) is 15.1. The van der Waals surface area contributed by atoms with Crippen LogP contribution in [0.4, 0.5) is 0 Å². The molecule has 0 amide bonds. The summed E-state index contributed by atoms with van der Waals surface area (Å²) < 4.78 is 5.04. The maximum Gasteiger partial charge on any atom is 0.190 e. The van der Waals surface area contributed by atoms with E-state index in [-0.39, 0.29) is 24.0 Å². The highest BCUT2D eigenvalue weighted by Gasteiger charge is 2.03. The molecule has 0 spiro atoms. The Balaban J connectivity index is 0.00000400. The molecule has 4 nitrogen and oxygen atoms in total. The standard InChI is InChI=1S/C16H31N3O.HI/c1-17-16(18-12-7-4-8-14-20-2)19-13-11-15-9-5-3-6-10-15;/h9H,3-8,10-14H2,1-2H3,(H2,17,18,19);1H. The number of allylic oxidation sites excluding steroid dienone is 1. The van der Waals surface area contributed by atoms with Crippen LogP contribution in [0.3, 0.4) is 0 Å². The molecule has 0 aromatic heterocycles. The Morgan fingerprint density at radius 3 is 2.67 bits per heavy atom. The molecule has 0 fully saturated rings. The molecule has 0 atom stereocenters. The summed E-state index contributed by atoms with van der Waals surface area (Å²) in [5.41, 5.74) is 1.61. The van der Waals surface area contributed by atoms with E-state index in [0.717, 1.165) is 44.9 Å². The minimum atomic E-state index is 0.